The lowest BCUT2D eigenvalue weighted by Crippen LogP contribution is -2.35. The van der Waals surface area contributed by atoms with E-state index in [1.165, 1.54) is 12.1 Å². The monoisotopic (exact) mass is 386 g/mol. The van der Waals surface area contributed by atoms with E-state index >= 15 is 0 Å². The number of hydrogen-bond acceptors (Lipinski definition) is 3. The van der Waals surface area contributed by atoms with Crippen molar-refractivity contribution in [3.63, 3.8) is 0 Å². The normalized spacial score (nSPS) is 24.3. The number of ketones is 2. The highest BCUT2D eigenvalue weighted by Gasteiger charge is 2.47. The van der Waals surface area contributed by atoms with E-state index in [4.69, 9.17) is 16.3 Å². The van der Waals surface area contributed by atoms with Gasteiger partial charge in [0.05, 0.1) is 5.02 Å². The topological polar surface area (TPSA) is 43.4 Å². The molecular formula is C22H20ClFO3. The van der Waals surface area contributed by atoms with Crippen LogP contribution >= 0.6 is 11.6 Å². The highest BCUT2D eigenvalue weighted by Crippen LogP contribution is 2.45. The van der Waals surface area contributed by atoms with Gasteiger partial charge in [0.1, 0.15) is 23.2 Å². The van der Waals surface area contributed by atoms with E-state index < -0.39 is 11.7 Å². The third kappa shape index (κ3) is 3.27. The first-order chi connectivity index (χ1) is 13.0. The number of carbonyl (C=O) groups excluding carboxylic acids is 2. The minimum absolute atomic E-state index is 0.00246. The maximum atomic E-state index is 13.7. The van der Waals surface area contributed by atoms with Gasteiger partial charge < -0.3 is 4.74 Å². The molecule has 2 aromatic rings. The fourth-order valence-electron chi connectivity index (χ4n) is 4.32. The molecule has 2 bridgehead atoms. The van der Waals surface area contributed by atoms with Crippen LogP contribution in [-0.2, 0) is 16.0 Å². The second-order valence-electron chi connectivity index (χ2n) is 7.34. The number of ether oxygens (including phenoxy) is 1. The molecule has 0 aromatic heterocycles. The molecule has 2 unspecified atom stereocenters. The van der Waals surface area contributed by atoms with Crippen LogP contribution in [0.5, 0.6) is 11.5 Å². The molecule has 2 aromatic carbocycles. The average Bonchev–Trinajstić information content (AvgIpc) is 3.11. The maximum Gasteiger partial charge on any atom is 0.150 e. The zero-order valence-electron chi connectivity index (χ0n) is 15.0. The van der Waals surface area contributed by atoms with Crippen molar-refractivity contribution < 1.29 is 18.7 Å². The van der Waals surface area contributed by atoms with Crippen LogP contribution in [0.25, 0.3) is 0 Å². The summed E-state index contributed by atoms with van der Waals surface area (Å²) >= 11 is 5.71. The first kappa shape index (κ1) is 18.2. The molecule has 2 saturated carbocycles. The first-order valence-corrected chi connectivity index (χ1v) is 9.69. The van der Waals surface area contributed by atoms with Gasteiger partial charge in [0, 0.05) is 17.9 Å². The minimum atomic E-state index is -0.697. The summed E-state index contributed by atoms with van der Waals surface area (Å²) in [6, 6.07) is 9.65. The number of fused-ring (bicyclic) bond motifs is 2. The number of benzene rings is 2. The number of aryl methyl sites for hydroxylation is 1. The van der Waals surface area contributed by atoms with Crippen LogP contribution < -0.4 is 4.74 Å². The molecule has 0 amide bonds. The molecule has 2 aliphatic rings. The van der Waals surface area contributed by atoms with Crippen molar-refractivity contribution in [2.45, 2.75) is 38.5 Å². The van der Waals surface area contributed by atoms with Gasteiger partial charge in [-0.2, -0.15) is 0 Å². The molecule has 140 valence electrons. The van der Waals surface area contributed by atoms with Crippen LogP contribution in [0.15, 0.2) is 36.4 Å². The van der Waals surface area contributed by atoms with Gasteiger partial charge in [-0.1, -0.05) is 24.6 Å². The molecule has 0 heterocycles. The summed E-state index contributed by atoms with van der Waals surface area (Å²) in [5.74, 6) is -0.396. The Bertz CT molecular complexity index is 902. The number of halogens is 2. The average molecular weight is 387 g/mol. The largest absolute Gasteiger partial charge is 0.457 e. The van der Waals surface area contributed by atoms with Crippen molar-refractivity contribution in [1.29, 1.82) is 0 Å². The molecule has 27 heavy (non-hydrogen) atoms. The lowest BCUT2D eigenvalue weighted by Gasteiger charge is -2.27. The molecule has 2 fully saturated rings. The van der Waals surface area contributed by atoms with Gasteiger partial charge in [-0.25, -0.2) is 4.39 Å². The molecule has 0 saturated heterocycles. The van der Waals surface area contributed by atoms with Gasteiger partial charge in [0.25, 0.3) is 0 Å². The van der Waals surface area contributed by atoms with Gasteiger partial charge >= 0.3 is 0 Å². The molecule has 0 aliphatic heterocycles. The van der Waals surface area contributed by atoms with Gasteiger partial charge in [-0.05, 0) is 61.1 Å². The second kappa shape index (κ2) is 7.08. The molecule has 3 nitrogen and oxygen atoms in total. The van der Waals surface area contributed by atoms with E-state index in [2.05, 4.69) is 0 Å². The predicted molar refractivity (Wildman–Crippen MR) is 101 cm³/mol. The summed E-state index contributed by atoms with van der Waals surface area (Å²) in [5.41, 5.74) is 1.70. The van der Waals surface area contributed by atoms with Crippen molar-refractivity contribution in [3.8, 4) is 11.5 Å². The van der Waals surface area contributed by atoms with E-state index in [1.54, 1.807) is 18.2 Å². The molecule has 2 atom stereocenters. The van der Waals surface area contributed by atoms with Crippen LogP contribution in [0.1, 0.15) is 43.2 Å². The standard InChI is InChI=1S/C22H20ClFO3/c1-2-12-5-6-15(27-16-7-8-18(23)19(24)11-16)10-17(12)20-21(25)13-3-4-14(9-13)22(20)26/h5-8,10-11,13-14,20H,2-4,9H2,1H3. The predicted octanol–water partition coefficient (Wildman–Crippen LogP) is 5.49. The van der Waals surface area contributed by atoms with Crippen LogP contribution in [0, 0.1) is 17.7 Å². The van der Waals surface area contributed by atoms with E-state index in [-0.39, 0.29) is 28.4 Å². The Morgan fingerprint density at radius 2 is 1.67 bits per heavy atom. The van der Waals surface area contributed by atoms with Crippen LogP contribution in [0.4, 0.5) is 4.39 Å². The number of carbonyl (C=O) groups is 2. The summed E-state index contributed by atoms with van der Waals surface area (Å²) in [5, 5.41) is 0.0262. The number of hydrogen-bond donors (Lipinski definition) is 0. The van der Waals surface area contributed by atoms with Crippen molar-refractivity contribution >= 4 is 23.2 Å². The van der Waals surface area contributed by atoms with Crippen molar-refractivity contribution in [3.05, 3.63) is 58.4 Å². The lowest BCUT2D eigenvalue weighted by atomic mass is 9.74. The van der Waals surface area contributed by atoms with Gasteiger partial charge in [-0.15, -0.1) is 0 Å². The molecule has 4 rings (SSSR count). The Morgan fingerprint density at radius 1 is 1.04 bits per heavy atom. The Morgan fingerprint density at radius 3 is 2.30 bits per heavy atom. The van der Waals surface area contributed by atoms with E-state index in [0.29, 0.717) is 17.9 Å². The van der Waals surface area contributed by atoms with E-state index in [0.717, 1.165) is 30.4 Å². The number of Topliss-reactive ketones (excluding diaryl/α,β-unsaturated/α-hetero) is 2. The second-order valence-corrected chi connectivity index (χ2v) is 7.74. The summed E-state index contributed by atoms with van der Waals surface area (Å²) in [7, 11) is 0. The molecule has 0 radical (unpaired) electrons. The molecule has 5 heteroatoms. The Hall–Kier alpha value is -2.20. The fraction of sp³-hybridized carbons (Fsp3) is 0.364. The number of rotatable bonds is 4. The SMILES string of the molecule is CCc1ccc(Oc2ccc(Cl)c(F)c2)cc1C1C(=O)C2CCC(C2)C1=O. The maximum absolute atomic E-state index is 13.7. The smallest absolute Gasteiger partial charge is 0.150 e. The summed E-state index contributed by atoms with van der Waals surface area (Å²) < 4.78 is 19.4. The van der Waals surface area contributed by atoms with E-state index in [9.17, 15) is 14.0 Å². The molecule has 0 spiro atoms. The van der Waals surface area contributed by atoms with Crippen molar-refractivity contribution in [1.82, 2.24) is 0 Å². The van der Waals surface area contributed by atoms with Crippen molar-refractivity contribution in [2.75, 3.05) is 0 Å². The minimum Gasteiger partial charge on any atom is -0.457 e. The summed E-state index contributed by atoms with van der Waals surface area (Å²) in [4.78, 5) is 25.8. The van der Waals surface area contributed by atoms with Crippen LogP contribution in [0.2, 0.25) is 5.02 Å². The fourth-order valence-corrected chi connectivity index (χ4v) is 4.44. The third-order valence-corrected chi connectivity index (χ3v) is 6.05. The van der Waals surface area contributed by atoms with Crippen LogP contribution in [-0.4, -0.2) is 11.6 Å². The highest BCUT2D eigenvalue weighted by molar-refractivity contribution is 6.30. The third-order valence-electron chi connectivity index (χ3n) is 5.74. The van der Waals surface area contributed by atoms with Crippen molar-refractivity contribution in [2.24, 2.45) is 11.8 Å². The Balaban J connectivity index is 1.70. The van der Waals surface area contributed by atoms with Crippen LogP contribution in [0.3, 0.4) is 0 Å². The summed E-state index contributed by atoms with van der Waals surface area (Å²) in [6.07, 6.45) is 3.05. The first-order valence-electron chi connectivity index (χ1n) is 9.31. The molecule has 0 N–H and O–H groups in total. The van der Waals surface area contributed by atoms with Gasteiger partial charge in [0.2, 0.25) is 0 Å². The zero-order chi connectivity index (χ0) is 19.1. The quantitative estimate of drug-likeness (QED) is 0.653. The Labute approximate surface area is 162 Å². The van der Waals surface area contributed by atoms with Gasteiger partial charge in [0.15, 0.2) is 11.6 Å². The van der Waals surface area contributed by atoms with E-state index in [1.807, 2.05) is 13.0 Å². The van der Waals surface area contributed by atoms with Gasteiger partial charge in [-0.3, -0.25) is 9.59 Å². The zero-order valence-corrected chi connectivity index (χ0v) is 15.8. The Kier molecular flexibility index (Phi) is 4.77. The molecule has 2 aliphatic carbocycles. The lowest BCUT2D eigenvalue weighted by molar-refractivity contribution is -0.135. The highest BCUT2D eigenvalue weighted by atomic mass is 35.5. The summed E-state index contributed by atoms with van der Waals surface area (Å²) in [6.45, 7) is 2.00. The molecular weight excluding hydrogens is 367 g/mol.